The molecule has 0 unspecified atom stereocenters. The van der Waals surface area contributed by atoms with Crippen molar-refractivity contribution in [1.82, 2.24) is 10.6 Å². The highest BCUT2D eigenvalue weighted by Gasteiger charge is 2.26. The smallest absolute Gasteiger partial charge is 0.335 e. The van der Waals surface area contributed by atoms with E-state index in [1.807, 2.05) is 0 Å². The maximum absolute atomic E-state index is 12.3. The number of rotatable bonds is 4. The topological polar surface area (TPSA) is 95.5 Å². The summed E-state index contributed by atoms with van der Waals surface area (Å²) in [7, 11) is 1.63. The van der Waals surface area contributed by atoms with Crippen LogP contribution in [0.25, 0.3) is 0 Å². The molecular weight excluding hydrogens is 296 g/mol. The van der Waals surface area contributed by atoms with Gasteiger partial charge in [-0.2, -0.15) is 0 Å². The van der Waals surface area contributed by atoms with Crippen molar-refractivity contribution in [3.63, 3.8) is 0 Å². The molecule has 2 amide bonds. The van der Waals surface area contributed by atoms with Crippen LogP contribution in [0.5, 0.6) is 0 Å². The molecule has 1 aromatic carbocycles. The van der Waals surface area contributed by atoms with Crippen molar-refractivity contribution < 1.29 is 19.5 Å². The van der Waals surface area contributed by atoms with Gasteiger partial charge in [-0.25, -0.2) is 4.79 Å². The first-order chi connectivity index (χ1) is 10.9. The molecule has 0 spiro atoms. The molecule has 23 heavy (non-hydrogen) atoms. The second kappa shape index (κ2) is 7.26. The van der Waals surface area contributed by atoms with Crippen LogP contribution >= 0.6 is 0 Å². The van der Waals surface area contributed by atoms with Gasteiger partial charge in [-0.3, -0.25) is 9.59 Å². The fourth-order valence-electron chi connectivity index (χ4n) is 3.01. The number of amides is 2. The first-order valence-electron chi connectivity index (χ1n) is 7.78. The number of hydrogen-bond donors (Lipinski definition) is 3. The minimum atomic E-state index is -1.05. The second-order valence-electron chi connectivity index (χ2n) is 6.03. The van der Waals surface area contributed by atoms with Gasteiger partial charge < -0.3 is 15.7 Å². The van der Waals surface area contributed by atoms with Crippen LogP contribution in [0.15, 0.2) is 18.2 Å². The van der Waals surface area contributed by atoms with Crippen molar-refractivity contribution >= 4 is 17.8 Å². The number of carboxylic acid groups (broad SMARTS) is 1. The monoisotopic (exact) mass is 318 g/mol. The zero-order valence-electron chi connectivity index (χ0n) is 13.4. The maximum Gasteiger partial charge on any atom is 0.335 e. The molecule has 6 heteroatoms. The molecule has 124 valence electrons. The van der Waals surface area contributed by atoms with E-state index >= 15 is 0 Å². The molecule has 1 fully saturated rings. The van der Waals surface area contributed by atoms with Crippen LogP contribution in [0.4, 0.5) is 0 Å². The van der Waals surface area contributed by atoms with Crippen LogP contribution < -0.4 is 10.6 Å². The average molecular weight is 318 g/mol. The lowest BCUT2D eigenvalue weighted by molar-refractivity contribution is -0.125. The third kappa shape index (κ3) is 4.31. The molecule has 0 saturated heterocycles. The predicted octanol–water partition coefficient (Wildman–Crippen LogP) is 1.73. The van der Waals surface area contributed by atoms with Crippen LogP contribution in [-0.2, 0) is 4.79 Å². The second-order valence-corrected chi connectivity index (χ2v) is 6.03. The van der Waals surface area contributed by atoms with Crippen molar-refractivity contribution in [2.24, 2.45) is 5.92 Å². The average Bonchev–Trinajstić information content (AvgIpc) is 2.54. The van der Waals surface area contributed by atoms with Crippen molar-refractivity contribution in [2.75, 3.05) is 7.05 Å². The summed E-state index contributed by atoms with van der Waals surface area (Å²) in [6, 6.07) is 4.63. The summed E-state index contributed by atoms with van der Waals surface area (Å²) in [6.45, 7) is 1.76. The number of aromatic carboxylic acids is 1. The Morgan fingerprint density at radius 1 is 1.04 bits per heavy atom. The highest BCUT2D eigenvalue weighted by atomic mass is 16.4. The molecule has 0 aromatic heterocycles. The molecule has 0 radical (unpaired) electrons. The largest absolute Gasteiger partial charge is 0.478 e. The zero-order chi connectivity index (χ0) is 17.0. The fraction of sp³-hybridized carbons (Fsp3) is 0.471. The summed E-state index contributed by atoms with van der Waals surface area (Å²) in [6.07, 6.45) is 3.00. The number of nitrogens with one attached hydrogen (secondary N) is 2. The highest BCUT2D eigenvalue weighted by Crippen LogP contribution is 2.24. The molecular formula is C17H22N2O4. The lowest BCUT2D eigenvalue weighted by atomic mass is 9.85. The summed E-state index contributed by atoms with van der Waals surface area (Å²) in [5.41, 5.74) is 1.20. The first kappa shape index (κ1) is 17.0. The van der Waals surface area contributed by atoms with Gasteiger partial charge in [0.2, 0.25) is 5.91 Å². The number of carboxylic acids is 1. The lowest BCUT2D eigenvalue weighted by Crippen LogP contribution is -2.40. The number of hydrogen-bond acceptors (Lipinski definition) is 3. The molecule has 3 N–H and O–H groups in total. The van der Waals surface area contributed by atoms with Crippen molar-refractivity contribution in [3.05, 3.63) is 34.9 Å². The van der Waals surface area contributed by atoms with Gasteiger partial charge in [0.15, 0.2) is 0 Å². The highest BCUT2D eigenvalue weighted by molar-refractivity contribution is 5.98. The molecule has 6 nitrogen and oxygen atoms in total. The standard InChI is InChI=1S/C17H22N2O4/c1-10-7-12(9-13(8-10)17(22)23)16(21)19-14-5-3-11(4-6-14)15(20)18-2/h7-9,11,14H,3-6H2,1-2H3,(H,18,20)(H,19,21)(H,22,23). The zero-order valence-corrected chi connectivity index (χ0v) is 13.4. The van der Waals surface area contributed by atoms with Gasteiger partial charge in [0.25, 0.3) is 5.91 Å². The number of benzene rings is 1. The Morgan fingerprint density at radius 2 is 1.65 bits per heavy atom. The van der Waals surface area contributed by atoms with E-state index in [9.17, 15) is 14.4 Å². The Hall–Kier alpha value is -2.37. The number of carbonyl (C=O) groups excluding carboxylic acids is 2. The number of carbonyl (C=O) groups is 3. The molecule has 0 atom stereocenters. The normalized spacial score (nSPS) is 20.6. The van der Waals surface area contributed by atoms with E-state index in [0.717, 1.165) is 31.2 Å². The van der Waals surface area contributed by atoms with Gasteiger partial charge in [0.05, 0.1) is 5.56 Å². The third-order valence-electron chi connectivity index (χ3n) is 4.27. The summed E-state index contributed by atoms with van der Waals surface area (Å²) in [4.78, 5) is 35.0. The number of aryl methyl sites for hydroxylation is 1. The van der Waals surface area contributed by atoms with E-state index in [0.29, 0.717) is 5.56 Å². The minimum absolute atomic E-state index is 0.0192. The molecule has 1 aliphatic rings. The minimum Gasteiger partial charge on any atom is -0.478 e. The van der Waals surface area contributed by atoms with E-state index < -0.39 is 5.97 Å². The Morgan fingerprint density at radius 3 is 2.22 bits per heavy atom. The van der Waals surface area contributed by atoms with E-state index in [4.69, 9.17) is 5.11 Å². The van der Waals surface area contributed by atoms with Crippen molar-refractivity contribution in [1.29, 1.82) is 0 Å². The van der Waals surface area contributed by atoms with Crippen LogP contribution in [0.1, 0.15) is 52.0 Å². The Balaban J connectivity index is 1.98. The van der Waals surface area contributed by atoms with Gasteiger partial charge in [-0.1, -0.05) is 0 Å². The summed E-state index contributed by atoms with van der Waals surface area (Å²) in [5.74, 6) is -1.24. The molecule has 0 bridgehead atoms. The summed E-state index contributed by atoms with van der Waals surface area (Å²) >= 11 is 0. The molecule has 0 aliphatic heterocycles. The maximum atomic E-state index is 12.3. The van der Waals surface area contributed by atoms with Crippen LogP contribution in [0, 0.1) is 12.8 Å². The summed E-state index contributed by atoms with van der Waals surface area (Å²) in [5, 5.41) is 14.7. The van der Waals surface area contributed by atoms with Gasteiger partial charge in [-0.15, -0.1) is 0 Å². The van der Waals surface area contributed by atoms with Gasteiger partial charge >= 0.3 is 5.97 Å². The fourth-order valence-corrected chi connectivity index (χ4v) is 3.01. The third-order valence-corrected chi connectivity index (χ3v) is 4.27. The van der Waals surface area contributed by atoms with E-state index in [1.165, 1.54) is 12.1 Å². The molecule has 0 heterocycles. The van der Waals surface area contributed by atoms with Gasteiger partial charge in [-0.05, 0) is 56.4 Å². The summed E-state index contributed by atoms with van der Waals surface area (Å²) < 4.78 is 0. The molecule has 1 aromatic rings. The predicted molar refractivity (Wildman–Crippen MR) is 85.4 cm³/mol. The SMILES string of the molecule is CNC(=O)C1CCC(NC(=O)c2cc(C)cc(C(=O)O)c2)CC1. The van der Waals surface area contributed by atoms with Gasteiger partial charge in [0.1, 0.15) is 0 Å². The molecule has 1 aliphatic carbocycles. The Labute approximate surface area is 135 Å². The van der Waals surface area contributed by atoms with Crippen LogP contribution in [0.3, 0.4) is 0 Å². The van der Waals surface area contributed by atoms with E-state index in [1.54, 1.807) is 20.0 Å². The van der Waals surface area contributed by atoms with Crippen LogP contribution in [0.2, 0.25) is 0 Å². The Kier molecular flexibility index (Phi) is 5.36. The molecule has 2 rings (SSSR count). The van der Waals surface area contributed by atoms with E-state index in [2.05, 4.69) is 10.6 Å². The molecule has 1 saturated carbocycles. The van der Waals surface area contributed by atoms with Crippen molar-refractivity contribution in [2.45, 2.75) is 38.6 Å². The van der Waals surface area contributed by atoms with Gasteiger partial charge in [0, 0.05) is 24.6 Å². The quantitative estimate of drug-likeness (QED) is 0.788. The van der Waals surface area contributed by atoms with Crippen molar-refractivity contribution in [3.8, 4) is 0 Å². The van der Waals surface area contributed by atoms with E-state index in [-0.39, 0.29) is 29.3 Å². The Bertz CT molecular complexity index is 619. The lowest BCUT2D eigenvalue weighted by Gasteiger charge is -2.28. The first-order valence-corrected chi connectivity index (χ1v) is 7.78. The van der Waals surface area contributed by atoms with Crippen LogP contribution in [-0.4, -0.2) is 36.0 Å².